The minimum atomic E-state index is -4.62. The van der Waals surface area contributed by atoms with Gasteiger partial charge >= 0.3 is 6.18 Å². The van der Waals surface area contributed by atoms with Gasteiger partial charge in [-0.1, -0.05) is 29.8 Å². The van der Waals surface area contributed by atoms with Crippen molar-refractivity contribution in [3.05, 3.63) is 82.1 Å². The van der Waals surface area contributed by atoms with E-state index in [-0.39, 0.29) is 37.6 Å². The molecule has 0 radical (unpaired) electrons. The average molecular weight is 477 g/mol. The number of nitrogens with zero attached hydrogens (tertiary/aromatic N) is 4. The van der Waals surface area contributed by atoms with Crippen molar-refractivity contribution in [2.75, 3.05) is 26.2 Å². The number of piperazine rings is 1. The zero-order valence-electron chi connectivity index (χ0n) is 17.6. The van der Waals surface area contributed by atoms with Crippen molar-refractivity contribution >= 4 is 23.4 Å². The van der Waals surface area contributed by atoms with E-state index in [2.05, 4.69) is 5.10 Å². The third-order valence-electron chi connectivity index (χ3n) is 5.61. The molecular formula is C23H20ClF3N4O2. The van der Waals surface area contributed by atoms with E-state index in [0.29, 0.717) is 16.3 Å². The summed E-state index contributed by atoms with van der Waals surface area (Å²) in [6.07, 6.45) is -3.14. The predicted molar refractivity (Wildman–Crippen MR) is 117 cm³/mol. The van der Waals surface area contributed by atoms with E-state index in [1.807, 2.05) is 6.07 Å². The lowest BCUT2D eigenvalue weighted by molar-refractivity contribution is -0.138. The molecule has 1 aromatic heterocycles. The Morgan fingerprint density at radius 2 is 1.52 bits per heavy atom. The highest BCUT2D eigenvalue weighted by Gasteiger charge is 2.36. The third kappa shape index (κ3) is 4.59. The summed E-state index contributed by atoms with van der Waals surface area (Å²) in [5.74, 6) is -0.941. The molecule has 0 N–H and O–H groups in total. The van der Waals surface area contributed by atoms with Gasteiger partial charge in [0.25, 0.3) is 11.8 Å². The van der Waals surface area contributed by atoms with Crippen LogP contribution in [-0.4, -0.2) is 57.6 Å². The minimum Gasteiger partial charge on any atom is -0.335 e. The summed E-state index contributed by atoms with van der Waals surface area (Å²) in [7, 11) is 0. The monoisotopic (exact) mass is 476 g/mol. The number of amides is 2. The van der Waals surface area contributed by atoms with E-state index in [4.69, 9.17) is 11.6 Å². The number of hydrogen-bond acceptors (Lipinski definition) is 3. The van der Waals surface area contributed by atoms with Gasteiger partial charge in [-0.2, -0.15) is 18.3 Å². The molecule has 2 heterocycles. The highest BCUT2D eigenvalue weighted by Crippen LogP contribution is 2.32. The van der Waals surface area contributed by atoms with Gasteiger partial charge in [0.1, 0.15) is 0 Å². The van der Waals surface area contributed by atoms with E-state index >= 15 is 0 Å². The molecule has 1 fully saturated rings. The number of rotatable bonds is 3. The summed E-state index contributed by atoms with van der Waals surface area (Å²) >= 11 is 6.05. The van der Waals surface area contributed by atoms with Gasteiger partial charge in [-0.15, -0.1) is 0 Å². The number of benzene rings is 2. The van der Waals surface area contributed by atoms with Gasteiger partial charge in [0.2, 0.25) is 0 Å². The molecule has 33 heavy (non-hydrogen) atoms. The molecule has 1 saturated heterocycles. The normalized spacial score (nSPS) is 14.5. The van der Waals surface area contributed by atoms with Gasteiger partial charge < -0.3 is 9.80 Å². The summed E-state index contributed by atoms with van der Waals surface area (Å²) in [6.45, 7) is 2.46. The molecule has 1 aliphatic heterocycles. The standard InChI is InChI=1S/C23H20ClF3N4O2/c1-15-19(14-28-31(15)17-6-4-5-16(24)13-17)22(33)30-11-9-29(10-12-30)21(32)18-7-2-3-8-20(18)23(25,26)27/h2-8,13-14H,9-12H2,1H3. The van der Waals surface area contributed by atoms with E-state index in [0.717, 1.165) is 11.8 Å². The smallest absolute Gasteiger partial charge is 0.335 e. The molecule has 0 saturated carbocycles. The molecule has 0 spiro atoms. The van der Waals surface area contributed by atoms with Gasteiger partial charge in [-0.05, 0) is 37.3 Å². The largest absolute Gasteiger partial charge is 0.417 e. The second-order valence-corrected chi connectivity index (χ2v) is 8.10. The van der Waals surface area contributed by atoms with E-state index in [1.165, 1.54) is 29.3 Å². The predicted octanol–water partition coefficient (Wildman–Crippen LogP) is 4.45. The van der Waals surface area contributed by atoms with E-state index in [1.54, 1.807) is 34.7 Å². The summed E-state index contributed by atoms with van der Waals surface area (Å²) in [6, 6.07) is 11.8. The van der Waals surface area contributed by atoms with Crippen LogP contribution < -0.4 is 0 Å². The Bertz CT molecular complexity index is 1200. The lowest BCUT2D eigenvalue weighted by Crippen LogP contribution is -2.50. The number of hydrogen-bond donors (Lipinski definition) is 0. The van der Waals surface area contributed by atoms with Gasteiger partial charge in [0.05, 0.1) is 34.3 Å². The molecule has 6 nitrogen and oxygen atoms in total. The van der Waals surface area contributed by atoms with Gasteiger partial charge in [-0.3, -0.25) is 9.59 Å². The lowest BCUT2D eigenvalue weighted by Gasteiger charge is -2.35. The Labute approximate surface area is 193 Å². The fourth-order valence-electron chi connectivity index (χ4n) is 3.86. The average Bonchev–Trinajstić information content (AvgIpc) is 3.19. The molecule has 0 aliphatic carbocycles. The minimum absolute atomic E-state index is 0.137. The number of carbonyl (C=O) groups excluding carboxylic acids is 2. The van der Waals surface area contributed by atoms with Crippen LogP contribution in [0.25, 0.3) is 5.69 Å². The summed E-state index contributed by atoms with van der Waals surface area (Å²) in [5.41, 5.74) is 0.427. The van der Waals surface area contributed by atoms with Crippen LogP contribution in [0.1, 0.15) is 32.0 Å². The first-order valence-corrected chi connectivity index (χ1v) is 10.6. The number of alkyl halides is 3. The molecule has 2 amide bonds. The van der Waals surface area contributed by atoms with Crippen molar-refractivity contribution in [1.82, 2.24) is 19.6 Å². The Balaban J connectivity index is 1.46. The highest BCUT2D eigenvalue weighted by atomic mass is 35.5. The zero-order chi connectivity index (χ0) is 23.8. The molecule has 0 bridgehead atoms. The van der Waals surface area contributed by atoms with Crippen LogP contribution in [0.15, 0.2) is 54.7 Å². The summed E-state index contributed by atoms with van der Waals surface area (Å²) in [4.78, 5) is 28.7. The van der Waals surface area contributed by atoms with Gasteiger partial charge in [0.15, 0.2) is 0 Å². The molecule has 1 aliphatic rings. The number of aromatic nitrogens is 2. The van der Waals surface area contributed by atoms with Crippen molar-refractivity contribution < 1.29 is 22.8 Å². The fourth-order valence-corrected chi connectivity index (χ4v) is 4.04. The van der Waals surface area contributed by atoms with Crippen LogP contribution in [0, 0.1) is 6.92 Å². The van der Waals surface area contributed by atoms with Gasteiger partial charge in [0, 0.05) is 31.2 Å². The number of halogens is 4. The van der Waals surface area contributed by atoms with Crippen LogP contribution in [0.5, 0.6) is 0 Å². The summed E-state index contributed by atoms with van der Waals surface area (Å²) in [5, 5.41) is 4.84. The molecule has 0 atom stereocenters. The maximum Gasteiger partial charge on any atom is 0.417 e. The zero-order valence-corrected chi connectivity index (χ0v) is 18.4. The van der Waals surface area contributed by atoms with Crippen molar-refractivity contribution in [2.24, 2.45) is 0 Å². The Morgan fingerprint density at radius 3 is 2.12 bits per heavy atom. The molecule has 172 valence electrons. The SMILES string of the molecule is Cc1c(C(=O)N2CCN(C(=O)c3ccccc3C(F)(F)F)CC2)cnn1-c1cccc(Cl)c1. The first kappa shape index (κ1) is 22.8. The lowest BCUT2D eigenvalue weighted by atomic mass is 10.1. The first-order chi connectivity index (χ1) is 15.7. The van der Waals surface area contributed by atoms with Gasteiger partial charge in [-0.25, -0.2) is 4.68 Å². The molecule has 4 rings (SSSR count). The third-order valence-corrected chi connectivity index (χ3v) is 5.85. The van der Waals surface area contributed by atoms with Crippen LogP contribution in [0.4, 0.5) is 13.2 Å². The van der Waals surface area contributed by atoms with Crippen molar-refractivity contribution in [1.29, 1.82) is 0 Å². The fraction of sp³-hybridized carbons (Fsp3) is 0.261. The second kappa shape index (κ2) is 8.90. The van der Waals surface area contributed by atoms with Crippen LogP contribution in [0.2, 0.25) is 5.02 Å². The highest BCUT2D eigenvalue weighted by molar-refractivity contribution is 6.30. The molecule has 3 aromatic rings. The number of carbonyl (C=O) groups is 2. The van der Waals surface area contributed by atoms with Crippen molar-refractivity contribution in [3.8, 4) is 5.69 Å². The summed E-state index contributed by atoms with van der Waals surface area (Å²) < 4.78 is 41.4. The molecule has 2 aromatic carbocycles. The maximum atomic E-state index is 13.3. The van der Waals surface area contributed by atoms with E-state index in [9.17, 15) is 22.8 Å². The Hall–Kier alpha value is -3.33. The molecule has 10 heteroatoms. The maximum absolute atomic E-state index is 13.3. The second-order valence-electron chi connectivity index (χ2n) is 7.66. The van der Waals surface area contributed by atoms with Crippen LogP contribution in [-0.2, 0) is 6.18 Å². The Kier molecular flexibility index (Phi) is 6.16. The quantitative estimate of drug-likeness (QED) is 0.561. The van der Waals surface area contributed by atoms with E-state index < -0.39 is 17.6 Å². The molecule has 0 unspecified atom stereocenters. The Morgan fingerprint density at radius 1 is 0.909 bits per heavy atom. The topological polar surface area (TPSA) is 58.4 Å². The van der Waals surface area contributed by atoms with Crippen molar-refractivity contribution in [3.63, 3.8) is 0 Å². The first-order valence-electron chi connectivity index (χ1n) is 10.2. The van der Waals surface area contributed by atoms with Crippen LogP contribution >= 0.6 is 11.6 Å². The van der Waals surface area contributed by atoms with Crippen molar-refractivity contribution in [2.45, 2.75) is 13.1 Å². The van der Waals surface area contributed by atoms with Crippen LogP contribution in [0.3, 0.4) is 0 Å². The molecular weight excluding hydrogens is 457 g/mol.